The van der Waals surface area contributed by atoms with Crippen molar-refractivity contribution in [3.63, 3.8) is 0 Å². The summed E-state index contributed by atoms with van der Waals surface area (Å²) < 4.78 is 5.11. The summed E-state index contributed by atoms with van der Waals surface area (Å²) in [5.41, 5.74) is 0.471. The van der Waals surface area contributed by atoms with E-state index in [-0.39, 0.29) is 5.97 Å². The molecule has 0 amide bonds. The second kappa shape index (κ2) is 12.9. The normalized spacial score (nSPS) is 11.1. The van der Waals surface area contributed by atoms with Gasteiger partial charge >= 0.3 is 5.97 Å². The Balaban J connectivity index is 5.20. The second-order valence-corrected chi connectivity index (χ2v) is 10.4. The first-order chi connectivity index (χ1) is 10.6. The van der Waals surface area contributed by atoms with E-state index in [2.05, 4.69) is 26.6 Å². The highest BCUT2D eigenvalue weighted by atomic mass is 31.2. The number of nitrogens with one attached hydrogen (secondary N) is 1. The number of hydrogen-bond acceptors (Lipinski definition) is 3. The monoisotopic (exact) mass is 328 g/mol. The van der Waals surface area contributed by atoms with E-state index >= 15 is 0 Å². The SMILES string of the molecule is CCCC[P+](CCCC)(CCCC)CC(=C=N)C(=O)OCC. The van der Waals surface area contributed by atoms with E-state index in [9.17, 15) is 4.79 Å². The van der Waals surface area contributed by atoms with E-state index in [1.54, 1.807) is 0 Å². The van der Waals surface area contributed by atoms with Crippen molar-refractivity contribution in [2.75, 3.05) is 31.3 Å². The van der Waals surface area contributed by atoms with Crippen molar-refractivity contribution in [2.45, 2.75) is 66.2 Å². The first-order valence-electron chi connectivity index (χ1n) is 8.89. The molecule has 22 heavy (non-hydrogen) atoms. The van der Waals surface area contributed by atoms with Crippen molar-refractivity contribution >= 4 is 19.1 Å². The Morgan fingerprint density at radius 1 is 0.955 bits per heavy atom. The number of ether oxygens (including phenoxy) is 1. The quantitative estimate of drug-likeness (QED) is 0.220. The predicted octanol–water partition coefficient (Wildman–Crippen LogP) is 5.14. The van der Waals surface area contributed by atoms with Crippen molar-refractivity contribution in [1.29, 1.82) is 5.41 Å². The molecule has 0 atom stereocenters. The third kappa shape index (κ3) is 8.11. The third-order valence-corrected chi connectivity index (χ3v) is 8.91. The Labute approximate surface area is 137 Å². The van der Waals surface area contributed by atoms with Crippen LogP contribution in [0.4, 0.5) is 0 Å². The highest BCUT2D eigenvalue weighted by Gasteiger charge is 2.38. The fraction of sp³-hybridized carbons (Fsp3) is 0.833. The zero-order valence-electron chi connectivity index (χ0n) is 15.0. The van der Waals surface area contributed by atoms with Crippen LogP contribution < -0.4 is 0 Å². The summed E-state index contributed by atoms with van der Waals surface area (Å²) in [5.74, 6) is 2.06. The van der Waals surface area contributed by atoms with E-state index < -0.39 is 7.26 Å². The van der Waals surface area contributed by atoms with Gasteiger partial charge in [0.25, 0.3) is 0 Å². The molecule has 0 aliphatic carbocycles. The molecule has 0 aliphatic heterocycles. The van der Waals surface area contributed by atoms with Crippen molar-refractivity contribution in [1.82, 2.24) is 0 Å². The van der Waals surface area contributed by atoms with Gasteiger partial charge in [-0.15, -0.1) is 0 Å². The first-order valence-corrected chi connectivity index (χ1v) is 11.4. The zero-order chi connectivity index (χ0) is 16.8. The second-order valence-electron chi connectivity index (χ2n) is 6.06. The molecule has 0 aromatic heterocycles. The molecule has 0 heterocycles. The van der Waals surface area contributed by atoms with Crippen molar-refractivity contribution in [3.05, 3.63) is 5.57 Å². The van der Waals surface area contributed by atoms with Crippen LogP contribution in [-0.4, -0.2) is 43.1 Å². The van der Waals surface area contributed by atoms with Gasteiger partial charge in [0.15, 0.2) is 0 Å². The molecule has 0 saturated heterocycles. The van der Waals surface area contributed by atoms with E-state index in [0.717, 1.165) is 6.16 Å². The van der Waals surface area contributed by atoms with Crippen molar-refractivity contribution in [3.8, 4) is 0 Å². The summed E-state index contributed by atoms with van der Waals surface area (Å²) in [6, 6.07) is 0. The van der Waals surface area contributed by atoms with Crippen molar-refractivity contribution in [2.24, 2.45) is 0 Å². The van der Waals surface area contributed by atoms with Gasteiger partial charge in [0.2, 0.25) is 0 Å². The molecule has 0 spiro atoms. The average molecular weight is 328 g/mol. The smallest absolute Gasteiger partial charge is 0.347 e. The Morgan fingerprint density at radius 2 is 1.41 bits per heavy atom. The van der Waals surface area contributed by atoms with Gasteiger partial charge in [0, 0.05) is 7.26 Å². The third-order valence-electron chi connectivity index (χ3n) is 4.12. The summed E-state index contributed by atoms with van der Waals surface area (Å²) in [5, 5.41) is 7.51. The molecule has 0 bridgehead atoms. The predicted molar refractivity (Wildman–Crippen MR) is 99.0 cm³/mol. The molecule has 1 N–H and O–H groups in total. The topological polar surface area (TPSA) is 50.2 Å². The number of carbonyl (C=O) groups excluding carboxylic acids is 1. The van der Waals surface area contributed by atoms with E-state index in [1.807, 2.05) is 6.92 Å². The number of rotatable bonds is 13. The summed E-state index contributed by atoms with van der Waals surface area (Å²) in [4.78, 5) is 12.0. The molecule has 0 saturated carbocycles. The van der Waals surface area contributed by atoms with Crippen LogP contribution in [0, 0.1) is 5.41 Å². The Hall–Kier alpha value is -0.650. The summed E-state index contributed by atoms with van der Waals surface area (Å²) >= 11 is 0. The zero-order valence-corrected chi connectivity index (χ0v) is 15.9. The lowest BCUT2D eigenvalue weighted by molar-refractivity contribution is -0.138. The fourth-order valence-corrected chi connectivity index (χ4v) is 7.75. The molecular formula is C18H35NO2P+. The van der Waals surface area contributed by atoms with Gasteiger partial charge in [0.1, 0.15) is 11.7 Å². The molecule has 3 nitrogen and oxygen atoms in total. The van der Waals surface area contributed by atoms with Gasteiger partial charge in [-0.2, -0.15) is 0 Å². The lowest BCUT2D eigenvalue weighted by atomic mass is 10.3. The van der Waals surface area contributed by atoms with Crippen LogP contribution in [0.5, 0.6) is 0 Å². The van der Waals surface area contributed by atoms with Crippen LogP contribution in [0.25, 0.3) is 0 Å². The average Bonchev–Trinajstić information content (AvgIpc) is 2.53. The van der Waals surface area contributed by atoms with E-state index in [1.165, 1.54) is 57.0 Å². The van der Waals surface area contributed by atoms with Gasteiger partial charge in [-0.1, -0.05) is 40.0 Å². The Kier molecular flexibility index (Phi) is 12.5. The molecule has 0 rings (SSSR count). The number of carbonyl (C=O) groups is 1. The van der Waals surface area contributed by atoms with Crippen LogP contribution in [0.2, 0.25) is 0 Å². The minimum atomic E-state index is -1.22. The maximum Gasteiger partial charge on any atom is 0.347 e. The fourth-order valence-electron chi connectivity index (χ4n) is 2.76. The Morgan fingerprint density at radius 3 is 1.73 bits per heavy atom. The van der Waals surface area contributed by atoms with E-state index in [0.29, 0.717) is 12.2 Å². The molecular weight excluding hydrogens is 293 g/mol. The molecule has 4 heteroatoms. The van der Waals surface area contributed by atoms with E-state index in [4.69, 9.17) is 10.1 Å². The van der Waals surface area contributed by atoms with Crippen LogP contribution in [-0.2, 0) is 9.53 Å². The largest absolute Gasteiger partial charge is 0.462 e. The standard InChI is InChI=1S/C18H35NO2P/c1-5-9-12-22(13-10-6-2,14-11-7-3)16-17(15-19)18(20)21-8-4/h19H,5-14,16H2,1-4H3/q+1. The van der Waals surface area contributed by atoms with Crippen LogP contribution in [0.1, 0.15) is 66.2 Å². The molecule has 0 radical (unpaired) electrons. The van der Waals surface area contributed by atoms with Crippen molar-refractivity contribution < 1.29 is 9.53 Å². The minimum Gasteiger partial charge on any atom is -0.462 e. The molecule has 0 unspecified atom stereocenters. The maximum atomic E-state index is 12.0. The van der Waals surface area contributed by atoms with Crippen LogP contribution >= 0.6 is 7.26 Å². The molecule has 0 fully saturated rings. The van der Waals surface area contributed by atoms with Gasteiger partial charge in [-0.05, 0) is 32.1 Å². The lowest BCUT2D eigenvalue weighted by Gasteiger charge is -2.28. The molecule has 128 valence electrons. The molecule has 0 aromatic carbocycles. The summed E-state index contributed by atoms with van der Waals surface area (Å²) in [6.45, 7) is 8.87. The maximum absolute atomic E-state index is 12.0. The molecule has 0 aromatic rings. The molecule has 0 aliphatic rings. The van der Waals surface area contributed by atoms with Gasteiger partial charge in [-0.3, -0.25) is 5.41 Å². The first kappa shape index (κ1) is 21.4. The Bertz CT molecular complexity index is 340. The highest BCUT2D eigenvalue weighted by molar-refractivity contribution is 7.76. The lowest BCUT2D eigenvalue weighted by Crippen LogP contribution is -2.19. The van der Waals surface area contributed by atoms with Gasteiger partial charge in [0.05, 0.1) is 25.1 Å². The minimum absolute atomic E-state index is 0.327. The van der Waals surface area contributed by atoms with Gasteiger partial charge < -0.3 is 4.74 Å². The van der Waals surface area contributed by atoms with Crippen LogP contribution in [0.3, 0.4) is 0 Å². The van der Waals surface area contributed by atoms with Gasteiger partial charge in [-0.25, -0.2) is 4.79 Å². The number of esters is 1. The summed E-state index contributed by atoms with van der Waals surface area (Å²) in [7, 11) is -1.22. The van der Waals surface area contributed by atoms with Crippen LogP contribution in [0.15, 0.2) is 5.57 Å². The summed E-state index contributed by atoms with van der Waals surface area (Å²) in [6.07, 6.45) is 11.8. The number of hydrogen-bond donors (Lipinski definition) is 1. The number of unbranched alkanes of at least 4 members (excludes halogenated alkanes) is 3. The highest BCUT2D eigenvalue weighted by Crippen LogP contribution is 2.61.